The van der Waals surface area contributed by atoms with Gasteiger partial charge < -0.3 is 15.3 Å². The van der Waals surface area contributed by atoms with Crippen LogP contribution < -0.4 is 5.32 Å². The van der Waals surface area contributed by atoms with Gasteiger partial charge >= 0.3 is 12.0 Å². The standard InChI is InChI=1S/C13H20N4O3/c1-9(11-6-14-15-7-11)16-13(20)17-5-4-10(8-17)2-3-12(18)19/h6-7,9-10H,2-5,8H2,1H3,(H,14,15)(H,16,20)(H,18,19). The molecule has 2 rings (SSSR count). The molecular formula is C13H20N4O3. The Morgan fingerprint density at radius 1 is 1.65 bits per heavy atom. The summed E-state index contributed by atoms with van der Waals surface area (Å²) >= 11 is 0. The van der Waals surface area contributed by atoms with Crippen molar-refractivity contribution < 1.29 is 14.7 Å². The van der Waals surface area contributed by atoms with Crippen LogP contribution in [0.25, 0.3) is 0 Å². The highest BCUT2D eigenvalue weighted by molar-refractivity contribution is 5.75. The van der Waals surface area contributed by atoms with E-state index in [4.69, 9.17) is 5.11 Å². The maximum absolute atomic E-state index is 12.1. The van der Waals surface area contributed by atoms with Crippen molar-refractivity contribution in [3.05, 3.63) is 18.0 Å². The maximum atomic E-state index is 12.1. The van der Waals surface area contributed by atoms with Gasteiger partial charge in [-0.1, -0.05) is 0 Å². The fourth-order valence-electron chi connectivity index (χ4n) is 2.44. The van der Waals surface area contributed by atoms with Crippen molar-refractivity contribution >= 4 is 12.0 Å². The van der Waals surface area contributed by atoms with E-state index in [1.165, 1.54) is 0 Å². The van der Waals surface area contributed by atoms with Gasteiger partial charge in [0.15, 0.2) is 0 Å². The zero-order valence-electron chi connectivity index (χ0n) is 11.5. The van der Waals surface area contributed by atoms with Gasteiger partial charge in [-0.05, 0) is 25.7 Å². The summed E-state index contributed by atoms with van der Waals surface area (Å²) in [6.45, 7) is 3.23. The lowest BCUT2D eigenvalue weighted by molar-refractivity contribution is -0.137. The first-order valence-electron chi connectivity index (χ1n) is 6.82. The first-order chi connectivity index (χ1) is 9.56. The molecule has 0 bridgehead atoms. The van der Waals surface area contributed by atoms with Gasteiger partial charge in [0.2, 0.25) is 0 Å². The lowest BCUT2D eigenvalue weighted by Crippen LogP contribution is -2.39. The first kappa shape index (κ1) is 14.4. The number of H-pyrrole nitrogens is 1. The molecule has 7 nitrogen and oxygen atoms in total. The number of aromatic amines is 1. The number of urea groups is 1. The molecule has 1 aromatic rings. The average molecular weight is 280 g/mol. The van der Waals surface area contributed by atoms with Crippen molar-refractivity contribution in [3.8, 4) is 0 Å². The van der Waals surface area contributed by atoms with Crippen molar-refractivity contribution in [3.63, 3.8) is 0 Å². The Bertz CT molecular complexity index is 460. The third-order valence-corrected chi connectivity index (χ3v) is 3.70. The summed E-state index contributed by atoms with van der Waals surface area (Å²) in [5.41, 5.74) is 0.931. The quantitative estimate of drug-likeness (QED) is 0.758. The van der Waals surface area contributed by atoms with E-state index in [0.717, 1.165) is 12.0 Å². The van der Waals surface area contributed by atoms with Crippen LogP contribution in [0.4, 0.5) is 4.79 Å². The molecule has 3 N–H and O–H groups in total. The van der Waals surface area contributed by atoms with Crippen molar-refractivity contribution in [1.82, 2.24) is 20.4 Å². The zero-order valence-corrected chi connectivity index (χ0v) is 11.5. The predicted molar refractivity (Wildman–Crippen MR) is 72.1 cm³/mol. The molecule has 2 amide bonds. The predicted octanol–water partition coefficient (Wildman–Crippen LogP) is 1.37. The van der Waals surface area contributed by atoms with Crippen molar-refractivity contribution in [1.29, 1.82) is 0 Å². The minimum Gasteiger partial charge on any atom is -0.481 e. The molecule has 1 aliphatic heterocycles. The third-order valence-electron chi connectivity index (χ3n) is 3.70. The van der Waals surface area contributed by atoms with Crippen LogP contribution in [0.5, 0.6) is 0 Å². The highest BCUT2D eigenvalue weighted by atomic mass is 16.4. The Labute approximate surface area is 117 Å². The number of aliphatic carboxylic acids is 1. The summed E-state index contributed by atoms with van der Waals surface area (Å²) in [4.78, 5) is 24.4. The number of carbonyl (C=O) groups excluding carboxylic acids is 1. The normalized spacial score (nSPS) is 19.9. The number of nitrogens with one attached hydrogen (secondary N) is 2. The summed E-state index contributed by atoms with van der Waals surface area (Å²) < 4.78 is 0. The van der Waals surface area contributed by atoms with Crippen molar-refractivity contribution in [2.45, 2.75) is 32.2 Å². The van der Waals surface area contributed by atoms with E-state index in [-0.39, 0.29) is 18.5 Å². The van der Waals surface area contributed by atoms with E-state index in [2.05, 4.69) is 15.5 Å². The molecule has 1 aliphatic rings. The van der Waals surface area contributed by atoms with Gasteiger partial charge in [-0.15, -0.1) is 0 Å². The molecular weight excluding hydrogens is 260 g/mol. The van der Waals surface area contributed by atoms with Crippen molar-refractivity contribution in [2.24, 2.45) is 5.92 Å². The molecule has 2 heterocycles. The molecule has 2 atom stereocenters. The molecule has 1 aromatic heterocycles. The molecule has 0 radical (unpaired) electrons. The minimum absolute atomic E-state index is 0.0979. The van der Waals surface area contributed by atoms with E-state index in [1.54, 1.807) is 17.3 Å². The van der Waals surface area contributed by atoms with E-state index >= 15 is 0 Å². The second-order valence-electron chi connectivity index (χ2n) is 5.24. The fourth-order valence-corrected chi connectivity index (χ4v) is 2.44. The Balaban J connectivity index is 1.78. The number of rotatable bonds is 5. The minimum atomic E-state index is -0.776. The topological polar surface area (TPSA) is 98.3 Å². The molecule has 1 saturated heterocycles. The molecule has 20 heavy (non-hydrogen) atoms. The van der Waals surface area contributed by atoms with Crippen LogP contribution in [-0.2, 0) is 4.79 Å². The molecule has 7 heteroatoms. The number of carbonyl (C=O) groups is 2. The van der Waals surface area contributed by atoms with Crippen LogP contribution in [0, 0.1) is 5.92 Å². The maximum Gasteiger partial charge on any atom is 0.317 e. The Morgan fingerprint density at radius 3 is 3.10 bits per heavy atom. The zero-order chi connectivity index (χ0) is 14.5. The van der Waals surface area contributed by atoms with Gasteiger partial charge in [0, 0.05) is 31.3 Å². The largest absolute Gasteiger partial charge is 0.481 e. The molecule has 110 valence electrons. The Hall–Kier alpha value is -2.05. The number of hydrogen-bond acceptors (Lipinski definition) is 3. The average Bonchev–Trinajstić information content (AvgIpc) is 3.07. The highest BCUT2D eigenvalue weighted by Gasteiger charge is 2.27. The number of hydrogen-bond donors (Lipinski definition) is 3. The van der Waals surface area contributed by atoms with Crippen LogP contribution in [0.15, 0.2) is 12.4 Å². The number of likely N-dealkylation sites (tertiary alicyclic amines) is 1. The second kappa shape index (κ2) is 6.40. The number of amides is 2. The highest BCUT2D eigenvalue weighted by Crippen LogP contribution is 2.21. The Kier molecular flexibility index (Phi) is 4.60. The summed E-state index contributed by atoms with van der Waals surface area (Å²) in [7, 11) is 0. The fraction of sp³-hybridized carbons (Fsp3) is 0.615. The number of aromatic nitrogens is 2. The third kappa shape index (κ3) is 3.72. The van der Waals surface area contributed by atoms with Gasteiger partial charge in [-0.3, -0.25) is 9.89 Å². The van der Waals surface area contributed by atoms with Crippen LogP contribution in [-0.4, -0.2) is 45.3 Å². The van der Waals surface area contributed by atoms with Crippen molar-refractivity contribution in [2.75, 3.05) is 13.1 Å². The van der Waals surface area contributed by atoms with Crippen LogP contribution >= 0.6 is 0 Å². The van der Waals surface area contributed by atoms with Gasteiger partial charge in [0.25, 0.3) is 0 Å². The second-order valence-corrected chi connectivity index (χ2v) is 5.24. The van der Waals surface area contributed by atoms with E-state index in [0.29, 0.717) is 25.4 Å². The van der Waals surface area contributed by atoms with E-state index in [1.807, 2.05) is 6.92 Å². The molecule has 1 fully saturated rings. The van der Waals surface area contributed by atoms with E-state index in [9.17, 15) is 9.59 Å². The SMILES string of the molecule is CC(NC(=O)N1CCC(CCC(=O)O)C1)c1cn[nH]c1. The van der Waals surface area contributed by atoms with Crippen LogP contribution in [0.3, 0.4) is 0 Å². The summed E-state index contributed by atoms with van der Waals surface area (Å²) in [6, 6.07) is -0.198. The molecule has 0 spiro atoms. The monoisotopic (exact) mass is 280 g/mol. The molecule has 0 aliphatic carbocycles. The van der Waals surface area contributed by atoms with Crippen LogP contribution in [0.1, 0.15) is 37.8 Å². The number of carboxylic acid groups (broad SMARTS) is 1. The number of nitrogens with zero attached hydrogens (tertiary/aromatic N) is 2. The Morgan fingerprint density at radius 2 is 2.45 bits per heavy atom. The van der Waals surface area contributed by atoms with Gasteiger partial charge in [-0.25, -0.2) is 4.79 Å². The van der Waals surface area contributed by atoms with Gasteiger partial charge in [0.1, 0.15) is 0 Å². The lowest BCUT2D eigenvalue weighted by atomic mass is 10.0. The summed E-state index contributed by atoms with van der Waals surface area (Å²) in [5, 5.41) is 18.2. The summed E-state index contributed by atoms with van der Waals surface area (Å²) in [6.07, 6.45) is 5.12. The van der Waals surface area contributed by atoms with Crippen LogP contribution in [0.2, 0.25) is 0 Å². The smallest absolute Gasteiger partial charge is 0.317 e. The molecule has 0 saturated carbocycles. The number of carboxylic acids is 1. The molecule has 2 unspecified atom stereocenters. The molecule has 0 aromatic carbocycles. The van der Waals surface area contributed by atoms with E-state index < -0.39 is 5.97 Å². The van der Waals surface area contributed by atoms with Gasteiger partial charge in [0.05, 0.1) is 12.2 Å². The lowest BCUT2D eigenvalue weighted by Gasteiger charge is -2.20. The summed E-state index contributed by atoms with van der Waals surface area (Å²) in [5.74, 6) is -0.484. The first-order valence-corrected chi connectivity index (χ1v) is 6.82. The van der Waals surface area contributed by atoms with Gasteiger partial charge in [-0.2, -0.15) is 5.10 Å².